The Bertz CT molecular complexity index is 792. The zero-order valence-corrected chi connectivity index (χ0v) is 18.4. The van der Waals surface area contributed by atoms with Gasteiger partial charge in [-0.1, -0.05) is 6.07 Å². The molecule has 0 unspecified atom stereocenters. The minimum atomic E-state index is -1.71. The van der Waals surface area contributed by atoms with Gasteiger partial charge >= 0.3 is 12.2 Å². The van der Waals surface area contributed by atoms with Gasteiger partial charge in [0, 0.05) is 27.2 Å². The van der Waals surface area contributed by atoms with Crippen LogP contribution in [0.4, 0.5) is 9.59 Å². The molecule has 12 nitrogen and oxygen atoms in total. The molecule has 2 amide bonds. The number of hydrogen-bond donors (Lipinski definition) is 4. The summed E-state index contributed by atoms with van der Waals surface area (Å²) in [6, 6.07) is 4.90. The lowest BCUT2D eigenvalue weighted by Gasteiger charge is -2.38. The summed E-state index contributed by atoms with van der Waals surface area (Å²) in [7, 11) is 4.37. The van der Waals surface area contributed by atoms with E-state index in [1.54, 1.807) is 39.2 Å². The van der Waals surface area contributed by atoms with Crippen LogP contribution in [0.3, 0.4) is 0 Å². The average molecular weight is 458 g/mol. The highest BCUT2D eigenvalue weighted by atomic mass is 16.7. The van der Waals surface area contributed by atoms with Crippen molar-refractivity contribution in [3.63, 3.8) is 0 Å². The molecule has 0 aromatic heterocycles. The van der Waals surface area contributed by atoms with Gasteiger partial charge in [-0.25, -0.2) is 9.59 Å². The molecule has 5 atom stereocenters. The topological polar surface area (TPSA) is 158 Å². The molecule has 12 heteroatoms. The van der Waals surface area contributed by atoms with E-state index in [-0.39, 0.29) is 19.7 Å². The van der Waals surface area contributed by atoms with Crippen LogP contribution in [-0.4, -0.2) is 108 Å². The van der Waals surface area contributed by atoms with Crippen LogP contribution in [0.5, 0.6) is 5.75 Å². The molecule has 1 aromatic carbocycles. The molecular formula is C20H30N2O10. The summed E-state index contributed by atoms with van der Waals surface area (Å²) in [4.78, 5) is 26.2. The minimum Gasteiger partial charge on any atom is -0.462 e. The van der Waals surface area contributed by atoms with Gasteiger partial charge in [0.05, 0.1) is 7.11 Å². The van der Waals surface area contributed by atoms with Crippen molar-refractivity contribution >= 4 is 12.2 Å². The minimum absolute atomic E-state index is 0.0106. The Morgan fingerprint density at radius 1 is 1.00 bits per heavy atom. The highest BCUT2D eigenvalue weighted by Crippen LogP contribution is 2.26. The van der Waals surface area contributed by atoms with Gasteiger partial charge in [-0.05, 0) is 30.2 Å². The fourth-order valence-corrected chi connectivity index (χ4v) is 2.88. The van der Waals surface area contributed by atoms with Crippen molar-refractivity contribution in [1.82, 2.24) is 9.80 Å². The Hall–Kier alpha value is -2.64. The predicted molar refractivity (Wildman–Crippen MR) is 109 cm³/mol. The van der Waals surface area contributed by atoms with Gasteiger partial charge in [0.2, 0.25) is 6.29 Å². The maximum atomic E-state index is 12.1. The lowest BCUT2D eigenvalue weighted by molar-refractivity contribution is -0.321. The molecule has 0 spiro atoms. The molecule has 2 rings (SSSR count). The number of aliphatic hydroxyl groups excluding tert-OH is 4. The van der Waals surface area contributed by atoms with Gasteiger partial charge < -0.3 is 49.2 Å². The third kappa shape index (κ3) is 6.43. The van der Waals surface area contributed by atoms with E-state index in [4.69, 9.17) is 14.2 Å². The summed E-state index contributed by atoms with van der Waals surface area (Å²) in [6.07, 6.45) is -9.02. The van der Waals surface area contributed by atoms with Gasteiger partial charge in [0.1, 0.15) is 30.7 Å². The van der Waals surface area contributed by atoms with Crippen molar-refractivity contribution in [2.24, 2.45) is 0 Å². The third-order valence-corrected chi connectivity index (χ3v) is 4.96. The SMILES string of the molecule is COC(=O)N(C)CCN(C)C(=O)OCc1ccc(O[C@@H]2O[C@H](O)[C@@H](O)[C@H](O)[C@H]2O)c(C)c1. The zero-order valence-electron chi connectivity index (χ0n) is 18.4. The van der Waals surface area contributed by atoms with Crippen molar-refractivity contribution < 1.29 is 49.0 Å². The van der Waals surface area contributed by atoms with Gasteiger partial charge in [-0.15, -0.1) is 0 Å². The maximum absolute atomic E-state index is 12.1. The highest BCUT2D eigenvalue weighted by Gasteiger charge is 2.44. The Kier molecular flexibility index (Phi) is 9.04. The Labute approximate surface area is 185 Å². The van der Waals surface area contributed by atoms with Crippen molar-refractivity contribution in [2.45, 2.75) is 44.4 Å². The lowest BCUT2D eigenvalue weighted by atomic mass is 10.0. The van der Waals surface area contributed by atoms with Crippen LogP contribution in [0.1, 0.15) is 11.1 Å². The molecule has 32 heavy (non-hydrogen) atoms. The summed E-state index contributed by atoms with van der Waals surface area (Å²) in [5.41, 5.74) is 1.29. The van der Waals surface area contributed by atoms with Crippen LogP contribution in [-0.2, 0) is 20.8 Å². The molecule has 0 saturated carbocycles. The largest absolute Gasteiger partial charge is 0.462 e. The number of rotatable bonds is 7. The molecule has 0 bridgehead atoms. The number of nitrogens with zero attached hydrogens (tertiary/aromatic N) is 2. The van der Waals surface area contributed by atoms with E-state index >= 15 is 0 Å². The van der Waals surface area contributed by atoms with Crippen LogP contribution < -0.4 is 4.74 Å². The van der Waals surface area contributed by atoms with E-state index < -0.39 is 43.1 Å². The summed E-state index contributed by atoms with van der Waals surface area (Å²) >= 11 is 0. The number of ether oxygens (including phenoxy) is 4. The number of carbonyl (C=O) groups is 2. The standard InChI is InChI=1S/C20H30N2O10/c1-11-9-12(10-30-20(28)22(3)8-7-21(2)19(27)29-4)5-6-13(11)31-18-16(25)14(23)15(24)17(26)32-18/h5-6,9,14-18,23-26H,7-8,10H2,1-4H3/t14-,15-,16+,17-,18+/m0/s1. The second kappa shape index (κ2) is 11.3. The van der Waals surface area contributed by atoms with E-state index in [2.05, 4.69) is 4.74 Å². The maximum Gasteiger partial charge on any atom is 0.409 e. The van der Waals surface area contributed by atoms with Crippen LogP contribution in [0.15, 0.2) is 18.2 Å². The Morgan fingerprint density at radius 3 is 2.22 bits per heavy atom. The molecule has 4 N–H and O–H groups in total. The molecular weight excluding hydrogens is 428 g/mol. The Morgan fingerprint density at radius 2 is 1.62 bits per heavy atom. The van der Waals surface area contributed by atoms with E-state index in [1.165, 1.54) is 16.9 Å². The number of aliphatic hydroxyl groups is 4. The van der Waals surface area contributed by atoms with E-state index in [0.717, 1.165) is 0 Å². The lowest BCUT2D eigenvalue weighted by Crippen LogP contribution is -2.59. The van der Waals surface area contributed by atoms with E-state index in [0.29, 0.717) is 16.9 Å². The number of aryl methyl sites for hydroxylation is 1. The molecule has 180 valence electrons. The van der Waals surface area contributed by atoms with Gasteiger partial charge in [0.25, 0.3) is 0 Å². The fraction of sp³-hybridized carbons (Fsp3) is 0.600. The molecule has 1 aliphatic rings. The fourth-order valence-electron chi connectivity index (χ4n) is 2.88. The van der Waals surface area contributed by atoms with Gasteiger partial charge in [0.15, 0.2) is 6.29 Å². The normalized spacial score (nSPS) is 25.1. The second-order valence-electron chi connectivity index (χ2n) is 7.45. The summed E-state index contributed by atoms with van der Waals surface area (Å²) in [5, 5.41) is 38.9. The molecule has 1 heterocycles. The molecule has 1 aliphatic heterocycles. The van der Waals surface area contributed by atoms with Crippen LogP contribution in [0.2, 0.25) is 0 Å². The van der Waals surface area contributed by atoms with Crippen LogP contribution >= 0.6 is 0 Å². The number of benzene rings is 1. The summed E-state index contributed by atoms with van der Waals surface area (Å²) < 4.78 is 20.4. The van der Waals surface area contributed by atoms with E-state index in [9.17, 15) is 30.0 Å². The third-order valence-electron chi connectivity index (χ3n) is 4.96. The van der Waals surface area contributed by atoms with Gasteiger partial charge in [-0.2, -0.15) is 0 Å². The van der Waals surface area contributed by atoms with E-state index in [1.807, 2.05) is 0 Å². The second-order valence-corrected chi connectivity index (χ2v) is 7.45. The van der Waals surface area contributed by atoms with Crippen molar-refractivity contribution in [3.05, 3.63) is 29.3 Å². The van der Waals surface area contributed by atoms with Crippen molar-refractivity contribution in [2.75, 3.05) is 34.3 Å². The first-order valence-corrected chi connectivity index (χ1v) is 9.86. The molecule has 0 radical (unpaired) electrons. The zero-order chi connectivity index (χ0) is 24.0. The number of hydrogen-bond acceptors (Lipinski definition) is 10. The first kappa shape index (κ1) is 25.6. The number of carbonyl (C=O) groups excluding carboxylic acids is 2. The molecule has 1 saturated heterocycles. The number of amides is 2. The summed E-state index contributed by atoms with van der Waals surface area (Å²) in [6.45, 7) is 2.24. The summed E-state index contributed by atoms with van der Waals surface area (Å²) in [5.74, 6) is 0.308. The molecule has 1 aromatic rings. The van der Waals surface area contributed by atoms with Crippen molar-refractivity contribution in [3.8, 4) is 5.75 Å². The molecule has 0 aliphatic carbocycles. The Balaban J connectivity index is 1.88. The van der Waals surface area contributed by atoms with Crippen LogP contribution in [0, 0.1) is 6.92 Å². The smallest absolute Gasteiger partial charge is 0.409 e. The first-order chi connectivity index (χ1) is 15.0. The highest BCUT2D eigenvalue weighted by molar-refractivity contribution is 5.68. The number of likely N-dealkylation sites (N-methyl/N-ethyl adjacent to an activating group) is 2. The first-order valence-electron chi connectivity index (χ1n) is 9.86. The van der Waals surface area contributed by atoms with Crippen LogP contribution in [0.25, 0.3) is 0 Å². The molecule has 1 fully saturated rings. The van der Waals surface area contributed by atoms with Crippen molar-refractivity contribution in [1.29, 1.82) is 0 Å². The van der Waals surface area contributed by atoms with Gasteiger partial charge in [-0.3, -0.25) is 0 Å². The monoisotopic (exact) mass is 458 g/mol. The quantitative estimate of drug-likeness (QED) is 0.416. The number of methoxy groups -OCH3 is 1. The average Bonchev–Trinajstić information content (AvgIpc) is 2.78. The predicted octanol–water partition coefficient (Wildman–Crippen LogP) is -0.602.